The molecule has 0 saturated heterocycles. The van der Waals surface area contributed by atoms with Gasteiger partial charge in [0, 0.05) is 26.1 Å². The maximum atomic E-state index is 12.4. The molecule has 1 atom stereocenters. The predicted octanol–water partition coefficient (Wildman–Crippen LogP) is 3.10. The van der Waals surface area contributed by atoms with Gasteiger partial charge in [0.25, 0.3) is 5.69 Å². The van der Waals surface area contributed by atoms with E-state index in [-0.39, 0.29) is 36.2 Å². The molecule has 1 amide bonds. The van der Waals surface area contributed by atoms with Gasteiger partial charge < -0.3 is 13.7 Å². The van der Waals surface area contributed by atoms with Gasteiger partial charge in [0.1, 0.15) is 5.76 Å². The third-order valence-electron chi connectivity index (χ3n) is 4.56. The summed E-state index contributed by atoms with van der Waals surface area (Å²) in [6.45, 7) is 2.15. The lowest BCUT2D eigenvalue weighted by atomic mass is 10.2. The Balaban J connectivity index is 1.65. The second-order valence-corrected chi connectivity index (χ2v) is 6.23. The van der Waals surface area contributed by atoms with Crippen molar-refractivity contribution in [1.29, 1.82) is 0 Å². The highest BCUT2D eigenvalue weighted by Gasteiger charge is 2.19. The van der Waals surface area contributed by atoms with Crippen LogP contribution in [0.1, 0.15) is 31.6 Å². The van der Waals surface area contributed by atoms with E-state index >= 15 is 0 Å². The van der Waals surface area contributed by atoms with Crippen LogP contribution in [0.4, 0.5) is 5.69 Å². The molecule has 0 radical (unpaired) electrons. The van der Waals surface area contributed by atoms with Crippen LogP contribution >= 0.6 is 0 Å². The summed E-state index contributed by atoms with van der Waals surface area (Å²) in [5, 5.41) is 10.8. The van der Waals surface area contributed by atoms with Crippen molar-refractivity contribution in [3.05, 3.63) is 63.0 Å². The highest BCUT2D eigenvalue weighted by atomic mass is 16.6. The van der Waals surface area contributed by atoms with Crippen LogP contribution in [0.2, 0.25) is 0 Å². The first-order valence-electron chi connectivity index (χ1n) is 8.45. The fraction of sp³-hybridized carbons (Fsp3) is 0.333. The van der Waals surface area contributed by atoms with Crippen molar-refractivity contribution in [2.45, 2.75) is 32.4 Å². The van der Waals surface area contributed by atoms with Crippen molar-refractivity contribution >= 4 is 22.7 Å². The van der Waals surface area contributed by atoms with Gasteiger partial charge >= 0.3 is 5.76 Å². The highest BCUT2D eigenvalue weighted by molar-refractivity contribution is 5.77. The molecule has 0 fully saturated rings. The summed E-state index contributed by atoms with van der Waals surface area (Å²) >= 11 is 0. The number of nitro benzene ring substituents is 1. The number of carbonyl (C=O) groups excluding carboxylic acids is 1. The summed E-state index contributed by atoms with van der Waals surface area (Å²) < 4.78 is 11.8. The molecule has 0 bridgehead atoms. The second-order valence-electron chi connectivity index (χ2n) is 6.23. The Morgan fingerprint density at radius 1 is 1.37 bits per heavy atom. The summed E-state index contributed by atoms with van der Waals surface area (Å²) in [7, 11) is 1.70. The van der Waals surface area contributed by atoms with Crippen LogP contribution < -0.4 is 5.76 Å². The van der Waals surface area contributed by atoms with Gasteiger partial charge in [-0.1, -0.05) is 0 Å². The van der Waals surface area contributed by atoms with Crippen molar-refractivity contribution in [2.75, 3.05) is 7.05 Å². The molecule has 27 heavy (non-hydrogen) atoms. The molecule has 1 aromatic carbocycles. The molecule has 2 heterocycles. The van der Waals surface area contributed by atoms with Crippen molar-refractivity contribution in [2.24, 2.45) is 0 Å². The first kappa shape index (κ1) is 18.4. The summed E-state index contributed by atoms with van der Waals surface area (Å²) in [5.74, 6) is 0.0233. The van der Waals surface area contributed by atoms with Crippen molar-refractivity contribution < 1.29 is 18.6 Å². The minimum absolute atomic E-state index is 0.0737. The third kappa shape index (κ3) is 3.76. The number of hydrogen-bond acceptors (Lipinski definition) is 6. The van der Waals surface area contributed by atoms with Crippen LogP contribution in [0.5, 0.6) is 0 Å². The van der Waals surface area contributed by atoms with Gasteiger partial charge in [-0.2, -0.15) is 0 Å². The van der Waals surface area contributed by atoms with E-state index in [0.29, 0.717) is 17.7 Å². The summed E-state index contributed by atoms with van der Waals surface area (Å²) in [6, 6.07) is 7.40. The first-order valence-corrected chi connectivity index (χ1v) is 8.45. The molecule has 2 aromatic heterocycles. The molecule has 0 spiro atoms. The smallest absolute Gasteiger partial charge is 0.419 e. The van der Waals surface area contributed by atoms with E-state index in [9.17, 15) is 19.7 Å². The second kappa shape index (κ2) is 7.48. The maximum absolute atomic E-state index is 12.4. The third-order valence-corrected chi connectivity index (χ3v) is 4.56. The molecule has 3 aromatic rings. The number of benzene rings is 1. The number of amides is 1. The number of fused-ring (bicyclic) bond motifs is 1. The molecule has 0 aliphatic carbocycles. The Bertz CT molecular complexity index is 1020. The molecule has 9 heteroatoms. The summed E-state index contributed by atoms with van der Waals surface area (Å²) in [5.41, 5.74) is 0.478. The number of rotatable bonds is 7. The zero-order chi connectivity index (χ0) is 19.6. The van der Waals surface area contributed by atoms with Crippen molar-refractivity contribution in [1.82, 2.24) is 9.47 Å². The quantitative estimate of drug-likeness (QED) is 0.465. The average Bonchev–Trinajstić information content (AvgIpc) is 3.28. The number of non-ortho nitro benzene ring substituents is 1. The molecular formula is C18H19N3O6. The topological polar surface area (TPSA) is 112 Å². The van der Waals surface area contributed by atoms with Crippen LogP contribution in [-0.4, -0.2) is 27.3 Å². The van der Waals surface area contributed by atoms with Crippen LogP contribution in [0.3, 0.4) is 0 Å². The molecule has 142 valence electrons. The molecule has 3 rings (SSSR count). The Kier molecular flexibility index (Phi) is 5.11. The van der Waals surface area contributed by atoms with Crippen molar-refractivity contribution in [3.63, 3.8) is 0 Å². The van der Waals surface area contributed by atoms with E-state index in [0.717, 1.165) is 0 Å². The molecule has 0 aliphatic rings. The van der Waals surface area contributed by atoms with Gasteiger partial charge in [0.2, 0.25) is 5.91 Å². The van der Waals surface area contributed by atoms with Crippen LogP contribution in [0.25, 0.3) is 11.1 Å². The minimum Gasteiger partial charge on any atom is -0.467 e. The van der Waals surface area contributed by atoms with E-state index in [2.05, 4.69) is 0 Å². The molecular weight excluding hydrogens is 354 g/mol. The fourth-order valence-electron chi connectivity index (χ4n) is 2.88. The standard InChI is InChI=1S/C18H19N3O6/c1-12(15-5-4-10-26-15)19(2)17(22)6-3-9-20-14-8-7-13(21(24)25)11-16(14)27-18(20)23/h4-5,7-8,10-12H,3,6,9H2,1-2H3. The van der Waals surface area contributed by atoms with Gasteiger partial charge in [-0.15, -0.1) is 0 Å². The number of carbonyl (C=O) groups is 1. The molecule has 0 saturated carbocycles. The Morgan fingerprint density at radius 3 is 2.81 bits per heavy atom. The molecule has 9 nitrogen and oxygen atoms in total. The minimum atomic E-state index is -0.602. The Morgan fingerprint density at radius 2 is 2.15 bits per heavy atom. The van der Waals surface area contributed by atoms with Gasteiger partial charge in [0.05, 0.1) is 28.8 Å². The number of nitro groups is 1. The lowest BCUT2D eigenvalue weighted by molar-refractivity contribution is -0.384. The molecule has 0 N–H and O–H groups in total. The average molecular weight is 373 g/mol. The van der Waals surface area contributed by atoms with E-state index in [1.165, 1.54) is 22.8 Å². The van der Waals surface area contributed by atoms with Gasteiger partial charge in [-0.05, 0) is 31.5 Å². The fourth-order valence-corrected chi connectivity index (χ4v) is 2.88. The maximum Gasteiger partial charge on any atom is 0.419 e. The van der Waals surface area contributed by atoms with Gasteiger partial charge in [-0.25, -0.2) is 4.79 Å². The van der Waals surface area contributed by atoms with Crippen LogP contribution in [-0.2, 0) is 11.3 Å². The SMILES string of the molecule is CC(c1ccco1)N(C)C(=O)CCCn1c(=O)oc2cc([N+](=O)[O-])ccc21. The lowest BCUT2D eigenvalue weighted by Crippen LogP contribution is -2.29. The van der Waals surface area contributed by atoms with Gasteiger partial charge in [0.15, 0.2) is 5.58 Å². The molecule has 0 aliphatic heterocycles. The summed E-state index contributed by atoms with van der Waals surface area (Å²) in [6.07, 6.45) is 2.23. The van der Waals surface area contributed by atoms with E-state index in [1.54, 1.807) is 24.3 Å². The number of furan rings is 1. The Hall–Kier alpha value is -3.36. The number of hydrogen-bond donors (Lipinski definition) is 0. The normalized spacial score (nSPS) is 12.2. The Labute approximate surface area is 153 Å². The highest BCUT2D eigenvalue weighted by Crippen LogP contribution is 2.22. The number of aryl methyl sites for hydroxylation is 1. The van der Waals surface area contributed by atoms with Crippen LogP contribution in [0, 0.1) is 10.1 Å². The monoisotopic (exact) mass is 373 g/mol. The number of aromatic nitrogens is 1. The number of nitrogens with zero attached hydrogens (tertiary/aromatic N) is 3. The largest absolute Gasteiger partial charge is 0.467 e. The van der Waals surface area contributed by atoms with E-state index in [4.69, 9.17) is 8.83 Å². The predicted molar refractivity (Wildman–Crippen MR) is 96.3 cm³/mol. The van der Waals surface area contributed by atoms with Crippen LogP contribution in [0.15, 0.2) is 50.2 Å². The van der Waals surface area contributed by atoms with Gasteiger partial charge in [-0.3, -0.25) is 19.5 Å². The zero-order valence-electron chi connectivity index (χ0n) is 15.0. The van der Waals surface area contributed by atoms with Crippen molar-refractivity contribution in [3.8, 4) is 0 Å². The van der Waals surface area contributed by atoms with E-state index in [1.807, 2.05) is 13.0 Å². The zero-order valence-corrected chi connectivity index (χ0v) is 15.0. The first-order chi connectivity index (χ1) is 12.9. The number of oxazole rings is 1. The van der Waals surface area contributed by atoms with E-state index < -0.39 is 10.7 Å². The lowest BCUT2D eigenvalue weighted by Gasteiger charge is -2.23. The molecule has 1 unspecified atom stereocenters. The summed E-state index contributed by atoms with van der Waals surface area (Å²) in [4.78, 5) is 36.2.